The van der Waals surface area contributed by atoms with Crippen LogP contribution in [0.25, 0.3) is 22.3 Å². The van der Waals surface area contributed by atoms with Gasteiger partial charge in [0, 0.05) is 17.7 Å². The molecule has 0 bridgehead atoms. The second kappa shape index (κ2) is 9.76. The molecule has 1 aromatic heterocycles. The van der Waals surface area contributed by atoms with Crippen molar-refractivity contribution in [2.24, 2.45) is 0 Å². The van der Waals surface area contributed by atoms with Gasteiger partial charge in [-0.3, -0.25) is 4.79 Å². The fraction of sp³-hybridized carbons (Fsp3) is 0.0690. The highest BCUT2D eigenvalue weighted by molar-refractivity contribution is 5.88. The van der Waals surface area contributed by atoms with Gasteiger partial charge in [-0.1, -0.05) is 60.7 Å². The lowest BCUT2D eigenvalue weighted by Crippen LogP contribution is -2.04. The predicted molar refractivity (Wildman–Crippen MR) is 134 cm³/mol. The first-order valence-corrected chi connectivity index (χ1v) is 11.2. The Morgan fingerprint density at radius 3 is 1.97 bits per heavy atom. The first kappa shape index (κ1) is 22.9. The minimum Gasteiger partial charge on any atom is -0.507 e. The summed E-state index contributed by atoms with van der Waals surface area (Å²) in [7, 11) is 0. The maximum atomic E-state index is 12.8. The zero-order valence-electron chi connectivity index (χ0n) is 19.0. The molecule has 0 saturated carbocycles. The van der Waals surface area contributed by atoms with Crippen LogP contribution in [0.5, 0.6) is 28.7 Å². The van der Waals surface area contributed by atoms with Crippen molar-refractivity contribution in [1.82, 2.24) is 0 Å². The highest BCUT2D eigenvalue weighted by atomic mass is 16.5. The van der Waals surface area contributed by atoms with Gasteiger partial charge >= 0.3 is 0 Å². The van der Waals surface area contributed by atoms with E-state index in [9.17, 15) is 20.1 Å². The summed E-state index contributed by atoms with van der Waals surface area (Å²) in [5.74, 6) is -0.882. The van der Waals surface area contributed by atoms with Gasteiger partial charge in [-0.15, -0.1) is 0 Å². The van der Waals surface area contributed by atoms with Crippen LogP contribution in [0.2, 0.25) is 0 Å². The third-order valence-corrected chi connectivity index (χ3v) is 5.63. The van der Waals surface area contributed by atoms with Crippen LogP contribution in [0.3, 0.4) is 0 Å². The molecule has 36 heavy (non-hydrogen) atoms. The van der Waals surface area contributed by atoms with Gasteiger partial charge in [-0.05, 0) is 29.3 Å². The van der Waals surface area contributed by atoms with Crippen molar-refractivity contribution in [3.63, 3.8) is 0 Å². The molecular formula is C29H22O7. The molecule has 0 saturated heterocycles. The molecular weight excluding hydrogens is 460 g/mol. The SMILES string of the molecule is O=c1c(O)c(-c2ccc(OCc3ccccc3)c(O)c2)oc2cc(OCc3ccccc3)cc(O)c12. The van der Waals surface area contributed by atoms with E-state index in [1.165, 1.54) is 24.3 Å². The molecule has 0 fully saturated rings. The number of rotatable bonds is 7. The predicted octanol–water partition coefficient (Wildman–Crippen LogP) is 5.73. The molecule has 0 unspecified atom stereocenters. The van der Waals surface area contributed by atoms with E-state index >= 15 is 0 Å². The number of aromatic hydroxyl groups is 3. The van der Waals surface area contributed by atoms with Crippen molar-refractivity contribution < 1.29 is 29.2 Å². The largest absolute Gasteiger partial charge is 0.507 e. The van der Waals surface area contributed by atoms with Crippen LogP contribution in [-0.2, 0) is 13.2 Å². The fourth-order valence-corrected chi connectivity index (χ4v) is 3.80. The molecule has 3 N–H and O–H groups in total. The molecule has 0 aliphatic rings. The van der Waals surface area contributed by atoms with Crippen LogP contribution >= 0.6 is 0 Å². The maximum absolute atomic E-state index is 12.8. The van der Waals surface area contributed by atoms with Crippen LogP contribution in [0, 0.1) is 0 Å². The molecule has 1 heterocycles. The van der Waals surface area contributed by atoms with Crippen molar-refractivity contribution in [1.29, 1.82) is 0 Å². The van der Waals surface area contributed by atoms with Crippen molar-refractivity contribution in [2.45, 2.75) is 13.2 Å². The summed E-state index contributed by atoms with van der Waals surface area (Å²) in [4.78, 5) is 12.8. The number of hydrogen-bond acceptors (Lipinski definition) is 7. The third kappa shape index (κ3) is 4.67. The van der Waals surface area contributed by atoms with E-state index in [0.717, 1.165) is 11.1 Å². The Bertz CT molecular complexity index is 1580. The lowest BCUT2D eigenvalue weighted by atomic mass is 10.1. The minimum absolute atomic E-state index is 0.0276. The summed E-state index contributed by atoms with van der Waals surface area (Å²) < 4.78 is 17.2. The molecule has 7 heteroatoms. The van der Waals surface area contributed by atoms with Gasteiger partial charge in [0.05, 0.1) is 0 Å². The van der Waals surface area contributed by atoms with Crippen LogP contribution in [0.4, 0.5) is 0 Å². The summed E-state index contributed by atoms with van der Waals surface area (Å²) in [6.45, 7) is 0.508. The summed E-state index contributed by atoms with van der Waals surface area (Å²) in [5.41, 5.74) is 1.34. The first-order chi connectivity index (χ1) is 17.5. The van der Waals surface area contributed by atoms with Gasteiger partial charge in [-0.2, -0.15) is 0 Å². The van der Waals surface area contributed by atoms with E-state index in [4.69, 9.17) is 13.9 Å². The normalized spacial score (nSPS) is 10.9. The molecule has 0 atom stereocenters. The van der Waals surface area contributed by atoms with Crippen molar-refractivity contribution in [2.75, 3.05) is 0 Å². The number of hydrogen-bond donors (Lipinski definition) is 3. The van der Waals surface area contributed by atoms with E-state index < -0.39 is 11.2 Å². The number of ether oxygens (including phenoxy) is 2. The highest BCUT2D eigenvalue weighted by Crippen LogP contribution is 2.38. The van der Waals surface area contributed by atoms with Crippen LogP contribution in [0.15, 0.2) is 100 Å². The van der Waals surface area contributed by atoms with Crippen molar-refractivity contribution in [3.8, 4) is 40.1 Å². The van der Waals surface area contributed by atoms with E-state index in [2.05, 4.69) is 0 Å². The van der Waals surface area contributed by atoms with Crippen molar-refractivity contribution >= 4 is 11.0 Å². The molecule has 5 aromatic rings. The molecule has 0 aliphatic carbocycles. The van der Waals surface area contributed by atoms with E-state index in [1.54, 1.807) is 6.07 Å². The van der Waals surface area contributed by atoms with E-state index in [0.29, 0.717) is 0 Å². The quantitative estimate of drug-likeness (QED) is 0.272. The minimum atomic E-state index is -0.803. The Hall–Kier alpha value is -4.91. The van der Waals surface area contributed by atoms with Gasteiger partial charge < -0.3 is 29.2 Å². The van der Waals surface area contributed by atoms with Gasteiger partial charge in [-0.25, -0.2) is 0 Å². The molecule has 0 aliphatic heterocycles. The Labute approximate surface area is 206 Å². The summed E-state index contributed by atoms with van der Waals surface area (Å²) in [5, 5.41) is 31.3. The van der Waals surface area contributed by atoms with Gasteiger partial charge in [0.15, 0.2) is 17.3 Å². The zero-order chi connectivity index (χ0) is 25.1. The van der Waals surface area contributed by atoms with E-state index in [-0.39, 0.29) is 58.5 Å². The molecule has 180 valence electrons. The lowest BCUT2D eigenvalue weighted by Gasteiger charge is -2.12. The topological polar surface area (TPSA) is 109 Å². The Morgan fingerprint density at radius 2 is 1.33 bits per heavy atom. The Morgan fingerprint density at radius 1 is 0.694 bits per heavy atom. The number of fused-ring (bicyclic) bond motifs is 1. The van der Waals surface area contributed by atoms with Crippen LogP contribution < -0.4 is 14.9 Å². The average molecular weight is 482 g/mol. The monoisotopic (exact) mass is 482 g/mol. The molecule has 0 spiro atoms. The van der Waals surface area contributed by atoms with Gasteiger partial charge in [0.2, 0.25) is 11.2 Å². The van der Waals surface area contributed by atoms with Gasteiger partial charge in [0.1, 0.15) is 35.7 Å². The molecule has 5 rings (SSSR count). The van der Waals surface area contributed by atoms with Crippen LogP contribution in [-0.4, -0.2) is 15.3 Å². The smallest absolute Gasteiger partial charge is 0.238 e. The summed E-state index contributed by atoms with van der Waals surface area (Å²) >= 11 is 0. The molecule has 4 aromatic carbocycles. The zero-order valence-corrected chi connectivity index (χ0v) is 19.0. The first-order valence-electron chi connectivity index (χ1n) is 11.2. The summed E-state index contributed by atoms with van der Waals surface area (Å²) in [6.07, 6.45) is 0. The second-order valence-electron chi connectivity index (χ2n) is 8.16. The second-order valence-corrected chi connectivity index (χ2v) is 8.16. The maximum Gasteiger partial charge on any atom is 0.238 e. The van der Waals surface area contributed by atoms with E-state index in [1.807, 2.05) is 60.7 Å². The molecule has 7 nitrogen and oxygen atoms in total. The third-order valence-electron chi connectivity index (χ3n) is 5.63. The Balaban J connectivity index is 1.45. The average Bonchev–Trinajstić information content (AvgIpc) is 2.90. The fourth-order valence-electron chi connectivity index (χ4n) is 3.80. The standard InChI is InChI=1S/C29H22O7/c30-22-13-20(11-12-24(22)35-17-19-9-5-2-6-10-19)29-28(33)27(32)26-23(31)14-21(15-25(26)36-29)34-16-18-7-3-1-4-8-18/h1-15,30-31,33H,16-17H2. The Kier molecular flexibility index (Phi) is 6.19. The summed E-state index contributed by atoms with van der Waals surface area (Å²) in [6, 6.07) is 26.1. The highest BCUT2D eigenvalue weighted by Gasteiger charge is 2.20. The number of benzene rings is 4. The van der Waals surface area contributed by atoms with Crippen molar-refractivity contribution in [3.05, 3.63) is 112 Å². The molecule has 0 radical (unpaired) electrons. The van der Waals surface area contributed by atoms with Crippen LogP contribution in [0.1, 0.15) is 11.1 Å². The lowest BCUT2D eigenvalue weighted by molar-refractivity contribution is 0.289. The van der Waals surface area contributed by atoms with Gasteiger partial charge in [0.25, 0.3) is 0 Å². The molecule has 0 amide bonds. The number of phenolic OH excluding ortho intramolecular Hbond substituents is 2. The number of phenols is 2.